The van der Waals surface area contributed by atoms with Gasteiger partial charge >= 0.3 is 0 Å². The molecule has 2 aliphatic rings. The van der Waals surface area contributed by atoms with Crippen LogP contribution in [0.25, 0.3) is 5.69 Å². The molecule has 1 aromatic carbocycles. The summed E-state index contributed by atoms with van der Waals surface area (Å²) in [5.74, 6) is -0.270. The highest BCUT2D eigenvalue weighted by Gasteiger charge is 2.31. The van der Waals surface area contributed by atoms with Gasteiger partial charge in [-0.1, -0.05) is 12.1 Å². The van der Waals surface area contributed by atoms with Crippen molar-refractivity contribution in [1.82, 2.24) is 9.47 Å². The van der Waals surface area contributed by atoms with Crippen molar-refractivity contribution in [3.63, 3.8) is 0 Å². The molecule has 3 aromatic rings. The van der Waals surface area contributed by atoms with Crippen LogP contribution in [-0.2, 0) is 15.9 Å². The molecule has 0 bridgehead atoms. The Balaban J connectivity index is 1.61. The fourth-order valence-electron chi connectivity index (χ4n) is 4.67. The first-order valence-electron chi connectivity index (χ1n) is 11.4. The molecular weight excluding hydrogens is 468 g/mol. The largest absolute Gasteiger partial charge is 0.376 e. The van der Waals surface area contributed by atoms with E-state index in [1.54, 1.807) is 41.1 Å². The van der Waals surface area contributed by atoms with E-state index in [4.69, 9.17) is 9.47 Å². The number of hydrogen-bond donors (Lipinski definition) is 0. The van der Waals surface area contributed by atoms with Gasteiger partial charge in [0.2, 0.25) is 0 Å². The van der Waals surface area contributed by atoms with Gasteiger partial charge in [0.15, 0.2) is 5.43 Å². The molecular formula is C26H28N2O4S2. The summed E-state index contributed by atoms with van der Waals surface area (Å²) in [5.41, 5.74) is 2.64. The van der Waals surface area contributed by atoms with Gasteiger partial charge in [0, 0.05) is 57.4 Å². The minimum atomic E-state index is -0.270. The molecule has 2 aliphatic heterocycles. The number of rotatable bonds is 4. The summed E-state index contributed by atoms with van der Waals surface area (Å²) in [4.78, 5) is 32.2. The molecule has 0 spiro atoms. The standard InChI is InChI=1S/C26H28N2O4S2/c1-16-12-21(29)25(26(30)27(3)14-18-15-31-10-11-32-18)20-13-24(23-9-8-17(2)33-23)34-22-7-5-4-6-19(22)28(16)20/h4-9,12,18,24H,10-11,13-15H2,1-3H3/t18-,24+/m0/s1. The lowest BCUT2D eigenvalue weighted by Crippen LogP contribution is -2.42. The first-order valence-corrected chi connectivity index (χ1v) is 13.1. The van der Waals surface area contributed by atoms with E-state index in [0.29, 0.717) is 32.8 Å². The van der Waals surface area contributed by atoms with E-state index in [1.165, 1.54) is 9.75 Å². The number of carbonyl (C=O) groups is 1. The number of thiophene rings is 1. The van der Waals surface area contributed by atoms with E-state index in [2.05, 4.69) is 35.8 Å². The average Bonchev–Trinajstić information content (AvgIpc) is 3.17. The number of likely N-dealkylation sites (N-methyl/N-ethyl adjacent to an activating group) is 1. The van der Waals surface area contributed by atoms with Gasteiger partial charge in [-0.05, 0) is 38.1 Å². The van der Waals surface area contributed by atoms with Gasteiger partial charge < -0.3 is 18.9 Å². The molecule has 8 heteroatoms. The third-order valence-corrected chi connectivity index (χ3v) is 8.82. The van der Waals surface area contributed by atoms with Crippen LogP contribution in [-0.4, -0.2) is 54.9 Å². The van der Waals surface area contributed by atoms with Crippen LogP contribution in [0.3, 0.4) is 0 Å². The Morgan fingerprint density at radius 3 is 2.74 bits per heavy atom. The highest BCUT2D eigenvalue weighted by atomic mass is 32.2. The Kier molecular flexibility index (Phi) is 6.66. The molecule has 2 atom stereocenters. The number of nitrogens with zero attached hydrogens (tertiary/aromatic N) is 2. The number of fused-ring (bicyclic) bond motifs is 3. The fourth-order valence-corrected chi connectivity index (χ4v) is 7.00. The summed E-state index contributed by atoms with van der Waals surface area (Å²) in [5, 5.41) is 0.113. The molecule has 0 aliphatic carbocycles. The van der Waals surface area contributed by atoms with Crippen LogP contribution < -0.4 is 5.43 Å². The Labute approximate surface area is 207 Å². The molecule has 1 fully saturated rings. The van der Waals surface area contributed by atoms with Crippen LogP contribution >= 0.6 is 23.1 Å². The van der Waals surface area contributed by atoms with Crippen LogP contribution in [0.4, 0.5) is 0 Å². The van der Waals surface area contributed by atoms with Gasteiger partial charge in [0.25, 0.3) is 5.91 Å². The van der Waals surface area contributed by atoms with Crippen molar-refractivity contribution in [2.45, 2.75) is 36.5 Å². The predicted octanol–water partition coefficient (Wildman–Crippen LogP) is 4.39. The van der Waals surface area contributed by atoms with Gasteiger partial charge in [-0.2, -0.15) is 0 Å². The molecule has 5 rings (SSSR count). The van der Waals surface area contributed by atoms with Gasteiger partial charge in [0.05, 0.1) is 31.6 Å². The van der Waals surface area contributed by atoms with Crippen LogP contribution in [0.1, 0.15) is 36.8 Å². The van der Waals surface area contributed by atoms with E-state index in [0.717, 1.165) is 22.0 Å². The Morgan fingerprint density at radius 2 is 2.00 bits per heavy atom. The number of carbonyl (C=O) groups excluding carboxylic acids is 1. The number of aryl methyl sites for hydroxylation is 2. The molecule has 4 heterocycles. The first-order chi connectivity index (χ1) is 16.4. The van der Waals surface area contributed by atoms with Crippen LogP contribution in [0.15, 0.2) is 52.2 Å². The Bertz CT molecular complexity index is 1280. The lowest BCUT2D eigenvalue weighted by molar-refractivity contribution is -0.0933. The molecule has 178 valence electrons. The lowest BCUT2D eigenvalue weighted by Gasteiger charge is -2.28. The zero-order valence-corrected chi connectivity index (χ0v) is 21.2. The van der Waals surface area contributed by atoms with E-state index in [-0.39, 0.29) is 28.3 Å². The van der Waals surface area contributed by atoms with Crippen molar-refractivity contribution in [1.29, 1.82) is 0 Å². The molecule has 1 amide bonds. The SMILES string of the molecule is Cc1ccc([C@H]2Cc3c(C(=O)N(C)C[C@H]4COCCO4)c(=O)cc(C)n3-c3ccccc3S2)s1. The van der Waals surface area contributed by atoms with Crippen molar-refractivity contribution in [2.75, 3.05) is 33.4 Å². The van der Waals surface area contributed by atoms with Gasteiger partial charge in [-0.15, -0.1) is 23.1 Å². The van der Waals surface area contributed by atoms with Crippen molar-refractivity contribution in [3.8, 4) is 5.69 Å². The smallest absolute Gasteiger partial charge is 0.259 e. The third kappa shape index (κ3) is 4.47. The summed E-state index contributed by atoms with van der Waals surface area (Å²) in [6.07, 6.45) is 0.404. The monoisotopic (exact) mass is 496 g/mol. The maximum absolute atomic E-state index is 13.7. The third-order valence-electron chi connectivity index (χ3n) is 6.25. The highest BCUT2D eigenvalue weighted by molar-refractivity contribution is 7.99. The summed E-state index contributed by atoms with van der Waals surface area (Å²) in [6, 6.07) is 14.1. The van der Waals surface area contributed by atoms with E-state index >= 15 is 0 Å². The molecule has 0 saturated carbocycles. The second-order valence-electron chi connectivity index (χ2n) is 8.79. The molecule has 1 saturated heterocycles. The van der Waals surface area contributed by atoms with Crippen molar-refractivity contribution < 1.29 is 14.3 Å². The van der Waals surface area contributed by atoms with E-state index in [9.17, 15) is 9.59 Å². The topological polar surface area (TPSA) is 60.8 Å². The second-order valence-corrected chi connectivity index (χ2v) is 11.4. The fraction of sp³-hybridized carbons (Fsp3) is 0.385. The van der Waals surface area contributed by atoms with E-state index in [1.807, 2.05) is 19.1 Å². The summed E-state index contributed by atoms with van der Waals surface area (Å²) >= 11 is 3.57. The van der Waals surface area contributed by atoms with Crippen molar-refractivity contribution in [2.24, 2.45) is 0 Å². The summed E-state index contributed by atoms with van der Waals surface area (Å²) < 4.78 is 13.3. The van der Waals surface area contributed by atoms with Gasteiger partial charge in [-0.25, -0.2) is 0 Å². The van der Waals surface area contributed by atoms with Gasteiger partial charge in [-0.3, -0.25) is 9.59 Å². The number of pyridine rings is 1. The number of aromatic nitrogens is 1. The van der Waals surface area contributed by atoms with Gasteiger partial charge in [0.1, 0.15) is 5.56 Å². The minimum Gasteiger partial charge on any atom is -0.376 e. The lowest BCUT2D eigenvalue weighted by atomic mass is 10.0. The zero-order valence-electron chi connectivity index (χ0n) is 19.6. The maximum Gasteiger partial charge on any atom is 0.259 e. The highest BCUT2D eigenvalue weighted by Crippen LogP contribution is 2.46. The van der Waals surface area contributed by atoms with Crippen molar-refractivity contribution >= 4 is 29.0 Å². The van der Waals surface area contributed by atoms with Crippen LogP contribution in [0, 0.1) is 13.8 Å². The summed E-state index contributed by atoms with van der Waals surface area (Å²) in [6.45, 7) is 5.96. The number of benzene rings is 1. The molecule has 0 unspecified atom stereocenters. The van der Waals surface area contributed by atoms with Crippen LogP contribution in [0.5, 0.6) is 0 Å². The number of hydrogen-bond acceptors (Lipinski definition) is 6. The Morgan fingerprint density at radius 1 is 1.18 bits per heavy atom. The normalized spacial score (nSPS) is 19.7. The molecule has 34 heavy (non-hydrogen) atoms. The molecule has 2 aromatic heterocycles. The molecule has 0 radical (unpaired) electrons. The van der Waals surface area contributed by atoms with Crippen molar-refractivity contribution in [3.05, 3.63) is 79.4 Å². The molecule has 0 N–H and O–H groups in total. The first kappa shape index (κ1) is 23.4. The second kappa shape index (κ2) is 9.70. The number of para-hydroxylation sites is 1. The number of thioether (sulfide) groups is 1. The minimum absolute atomic E-state index is 0.113. The average molecular weight is 497 g/mol. The summed E-state index contributed by atoms with van der Waals surface area (Å²) in [7, 11) is 1.73. The number of amides is 1. The molecule has 6 nitrogen and oxygen atoms in total. The Hall–Kier alpha value is -2.39. The van der Waals surface area contributed by atoms with E-state index < -0.39 is 0 Å². The maximum atomic E-state index is 13.7. The zero-order chi connectivity index (χ0) is 23.8. The quantitative estimate of drug-likeness (QED) is 0.536. The predicted molar refractivity (Wildman–Crippen MR) is 136 cm³/mol. The number of ether oxygens (including phenoxy) is 2. The van der Waals surface area contributed by atoms with Crippen LogP contribution in [0.2, 0.25) is 0 Å².